The molecule has 3 aromatic carbocycles. The lowest BCUT2D eigenvalue weighted by atomic mass is 10.1. The molecule has 0 aliphatic carbocycles. The molecule has 0 radical (unpaired) electrons. The Hall–Kier alpha value is -4.13. The van der Waals surface area contributed by atoms with E-state index in [1.807, 2.05) is 44.2 Å². The summed E-state index contributed by atoms with van der Waals surface area (Å²) in [4.78, 5) is 42.7. The number of imide groups is 1. The molecule has 0 bridgehead atoms. The Labute approximate surface area is 197 Å². The van der Waals surface area contributed by atoms with E-state index in [0.717, 1.165) is 16.7 Å². The first kappa shape index (κ1) is 21.7. The van der Waals surface area contributed by atoms with Crippen molar-refractivity contribution in [2.75, 3.05) is 11.7 Å². The highest BCUT2D eigenvalue weighted by atomic mass is 16.7. The number of hydrogen-bond donors (Lipinski definition) is 0. The molecule has 1 fully saturated rings. The fourth-order valence-corrected chi connectivity index (χ4v) is 4.25. The van der Waals surface area contributed by atoms with E-state index in [1.165, 1.54) is 9.80 Å². The second kappa shape index (κ2) is 8.67. The third kappa shape index (κ3) is 4.01. The zero-order valence-corrected chi connectivity index (χ0v) is 19.0. The average Bonchev–Trinajstić information content (AvgIpc) is 3.41. The van der Waals surface area contributed by atoms with Gasteiger partial charge in [0.05, 0.1) is 12.1 Å². The van der Waals surface area contributed by atoms with Crippen LogP contribution >= 0.6 is 0 Å². The van der Waals surface area contributed by atoms with Gasteiger partial charge in [0.15, 0.2) is 11.5 Å². The van der Waals surface area contributed by atoms with Gasteiger partial charge in [-0.05, 0) is 55.8 Å². The van der Waals surface area contributed by atoms with E-state index in [9.17, 15) is 14.4 Å². The molecular weight excluding hydrogens is 432 g/mol. The van der Waals surface area contributed by atoms with Crippen LogP contribution in [0, 0.1) is 13.8 Å². The summed E-state index contributed by atoms with van der Waals surface area (Å²) in [6.45, 7) is 4.17. The van der Waals surface area contributed by atoms with Crippen molar-refractivity contribution in [3.63, 3.8) is 0 Å². The summed E-state index contributed by atoms with van der Waals surface area (Å²) in [6, 6.07) is 18.9. The van der Waals surface area contributed by atoms with E-state index in [4.69, 9.17) is 9.47 Å². The Bertz CT molecular complexity index is 1270. The fraction of sp³-hybridized carbons (Fsp3) is 0.222. The fourth-order valence-electron chi connectivity index (χ4n) is 4.25. The monoisotopic (exact) mass is 456 g/mol. The van der Waals surface area contributed by atoms with Gasteiger partial charge in [-0.1, -0.05) is 41.5 Å². The number of amides is 3. The summed E-state index contributed by atoms with van der Waals surface area (Å²) in [5, 5.41) is 0. The second-order valence-electron chi connectivity index (χ2n) is 8.61. The van der Waals surface area contributed by atoms with Crippen LogP contribution in [-0.2, 0) is 16.1 Å². The van der Waals surface area contributed by atoms with Crippen LogP contribution in [0.5, 0.6) is 11.5 Å². The molecule has 2 aliphatic rings. The van der Waals surface area contributed by atoms with Crippen molar-refractivity contribution in [2.24, 2.45) is 0 Å². The molecule has 1 atom stereocenters. The highest BCUT2D eigenvalue weighted by Crippen LogP contribution is 2.34. The summed E-state index contributed by atoms with van der Waals surface area (Å²) >= 11 is 0. The molecule has 2 aliphatic heterocycles. The van der Waals surface area contributed by atoms with Crippen LogP contribution in [0.4, 0.5) is 5.69 Å². The van der Waals surface area contributed by atoms with E-state index in [0.29, 0.717) is 22.7 Å². The minimum atomic E-state index is -0.909. The van der Waals surface area contributed by atoms with Crippen LogP contribution in [0.3, 0.4) is 0 Å². The van der Waals surface area contributed by atoms with Gasteiger partial charge in [0.1, 0.15) is 6.04 Å². The number of anilines is 1. The molecule has 1 saturated heterocycles. The molecule has 0 N–H and O–H groups in total. The summed E-state index contributed by atoms with van der Waals surface area (Å²) in [6.07, 6.45) is -0.0745. The lowest BCUT2D eigenvalue weighted by molar-refractivity contribution is -0.122. The number of carbonyl (C=O) groups is 3. The summed E-state index contributed by atoms with van der Waals surface area (Å²) in [5.41, 5.74) is 3.79. The van der Waals surface area contributed by atoms with Gasteiger partial charge in [-0.15, -0.1) is 0 Å². The first-order chi connectivity index (χ1) is 16.4. The zero-order chi connectivity index (χ0) is 23.8. The van der Waals surface area contributed by atoms with Crippen molar-refractivity contribution in [3.8, 4) is 11.5 Å². The third-order valence-electron chi connectivity index (χ3n) is 6.14. The number of carbonyl (C=O) groups excluding carboxylic acids is 3. The Morgan fingerprint density at radius 3 is 2.26 bits per heavy atom. The molecule has 172 valence electrons. The van der Waals surface area contributed by atoms with Gasteiger partial charge in [-0.3, -0.25) is 14.4 Å². The molecule has 3 amide bonds. The molecule has 3 aromatic rings. The van der Waals surface area contributed by atoms with Crippen LogP contribution in [0.2, 0.25) is 0 Å². The smallest absolute Gasteiger partial charge is 0.257 e. The number of benzene rings is 3. The molecule has 0 aromatic heterocycles. The lowest BCUT2D eigenvalue weighted by Crippen LogP contribution is -2.45. The van der Waals surface area contributed by atoms with Crippen molar-refractivity contribution < 1.29 is 23.9 Å². The predicted molar refractivity (Wildman–Crippen MR) is 126 cm³/mol. The van der Waals surface area contributed by atoms with Crippen molar-refractivity contribution in [1.29, 1.82) is 0 Å². The first-order valence-corrected chi connectivity index (χ1v) is 11.1. The van der Waals surface area contributed by atoms with Crippen LogP contribution in [0.25, 0.3) is 0 Å². The van der Waals surface area contributed by atoms with Gasteiger partial charge in [0.25, 0.3) is 11.8 Å². The average molecular weight is 456 g/mol. The molecule has 7 heteroatoms. The van der Waals surface area contributed by atoms with Crippen molar-refractivity contribution in [3.05, 3.63) is 89.0 Å². The van der Waals surface area contributed by atoms with E-state index in [1.54, 1.807) is 36.4 Å². The highest BCUT2D eigenvalue weighted by Gasteiger charge is 2.44. The molecule has 0 spiro atoms. The van der Waals surface area contributed by atoms with Crippen LogP contribution < -0.4 is 14.4 Å². The van der Waals surface area contributed by atoms with Gasteiger partial charge in [-0.2, -0.15) is 0 Å². The lowest BCUT2D eigenvalue weighted by Gasteiger charge is -2.28. The maximum absolute atomic E-state index is 13.6. The predicted octanol–water partition coefficient (Wildman–Crippen LogP) is 4.01. The molecule has 2 heterocycles. The van der Waals surface area contributed by atoms with Gasteiger partial charge in [0, 0.05) is 12.1 Å². The number of aryl methyl sites for hydroxylation is 2. The Balaban J connectivity index is 1.49. The van der Waals surface area contributed by atoms with Gasteiger partial charge in [-0.25, -0.2) is 4.90 Å². The van der Waals surface area contributed by atoms with Crippen LogP contribution in [0.1, 0.15) is 33.5 Å². The Morgan fingerprint density at radius 1 is 0.912 bits per heavy atom. The number of rotatable bonds is 5. The number of fused-ring (bicyclic) bond motifs is 1. The number of ether oxygens (including phenoxy) is 2. The van der Waals surface area contributed by atoms with Gasteiger partial charge in [0.2, 0.25) is 12.7 Å². The Kier molecular flexibility index (Phi) is 5.53. The van der Waals surface area contributed by atoms with Gasteiger partial charge >= 0.3 is 0 Å². The van der Waals surface area contributed by atoms with Crippen molar-refractivity contribution in [1.82, 2.24) is 4.90 Å². The normalized spacial score (nSPS) is 16.8. The van der Waals surface area contributed by atoms with Crippen LogP contribution in [-0.4, -0.2) is 35.5 Å². The largest absolute Gasteiger partial charge is 0.454 e. The summed E-state index contributed by atoms with van der Waals surface area (Å²) in [7, 11) is 0. The first-order valence-electron chi connectivity index (χ1n) is 11.1. The Morgan fingerprint density at radius 2 is 1.56 bits per heavy atom. The minimum Gasteiger partial charge on any atom is -0.454 e. The maximum atomic E-state index is 13.6. The minimum absolute atomic E-state index is 0.0745. The summed E-state index contributed by atoms with van der Waals surface area (Å²) < 4.78 is 10.9. The van der Waals surface area contributed by atoms with E-state index >= 15 is 0 Å². The molecule has 7 nitrogen and oxygen atoms in total. The zero-order valence-electron chi connectivity index (χ0n) is 19.0. The van der Waals surface area contributed by atoms with E-state index in [2.05, 4.69) is 0 Å². The molecule has 1 unspecified atom stereocenters. The second-order valence-corrected chi connectivity index (χ2v) is 8.61. The molecule has 0 saturated carbocycles. The topological polar surface area (TPSA) is 76.2 Å². The van der Waals surface area contributed by atoms with Crippen molar-refractivity contribution >= 4 is 23.4 Å². The quantitative estimate of drug-likeness (QED) is 0.543. The van der Waals surface area contributed by atoms with E-state index in [-0.39, 0.29) is 31.6 Å². The summed E-state index contributed by atoms with van der Waals surface area (Å²) in [5.74, 6) is 0.184. The van der Waals surface area contributed by atoms with Gasteiger partial charge < -0.3 is 14.4 Å². The number of hydrogen-bond acceptors (Lipinski definition) is 5. The van der Waals surface area contributed by atoms with Crippen molar-refractivity contribution in [2.45, 2.75) is 32.9 Å². The SMILES string of the molecule is Cc1ccc(C(=O)N(Cc2ccc3c(c2)OCO3)C2CC(=O)N(c3ccc(C)cc3)C2=O)cc1. The maximum Gasteiger partial charge on any atom is 0.257 e. The number of nitrogens with zero attached hydrogens (tertiary/aromatic N) is 2. The van der Waals surface area contributed by atoms with Crippen LogP contribution in [0.15, 0.2) is 66.7 Å². The highest BCUT2D eigenvalue weighted by molar-refractivity contribution is 6.23. The standard InChI is InChI=1S/C27H24N2O5/c1-17-3-8-20(9-4-17)26(31)28(15-19-7-12-23-24(13-19)34-16-33-23)22-14-25(30)29(27(22)32)21-10-5-18(2)6-11-21/h3-13,22H,14-16H2,1-2H3. The van der Waals surface area contributed by atoms with E-state index < -0.39 is 11.9 Å². The molecular formula is C27H24N2O5. The molecule has 34 heavy (non-hydrogen) atoms. The molecule has 5 rings (SSSR count). The third-order valence-corrected chi connectivity index (χ3v) is 6.14.